The van der Waals surface area contributed by atoms with Crippen molar-refractivity contribution in [2.24, 2.45) is 0 Å². The predicted molar refractivity (Wildman–Crippen MR) is 92.1 cm³/mol. The van der Waals surface area contributed by atoms with E-state index in [1.165, 1.54) is 11.3 Å². The zero-order valence-corrected chi connectivity index (χ0v) is 14.2. The highest BCUT2D eigenvalue weighted by atomic mass is 35.5. The summed E-state index contributed by atoms with van der Waals surface area (Å²) >= 11 is 7.27. The van der Waals surface area contributed by atoms with E-state index in [1.54, 1.807) is 13.0 Å². The van der Waals surface area contributed by atoms with Crippen LogP contribution >= 0.6 is 22.9 Å². The van der Waals surface area contributed by atoms with E-state index in [0.717, 1.165) is 10.4 Å². The minimum atomic E-state index is -0.483. The number of amides is 2. The van der Waals surface area contributed by atoms with Crippen molar-refractivity contribution in [2.45, 2.75) is 6.92 Å². The quantitative estimate of drug-likeness (QED) is 0.781. The highest BCUT2D eigenvalue weighted by molar-refractivity contribution is 7.17. The number of nitrogens with one attached hydrogen (secondary N) is 2. The summed E-state index contributed by atoms with van der Waals surface area (Å²) in [5.41, 5.74) is 1.02. The van der Waals surface area contributed by atoms with Crippen LogP contribution < -0.4 is 10.6 Å². The van der Waals surface area contributed by atoms with Gasteiger partial charge in [-0.15, -0.1) is 11.3 Å². The first kappa shape index (κ1) is 17.3. The molecule has 0 aliphatic rings. The van der Waals surface area contributed by atoms with Gasteiger partial charge in [-0.2, -0.15) is 0 Å². The lowest BCUT2D eigenvalue weighted by Gasteiger charge is -2.06. The first-order chi connectivity index (χ1) is 11.1. The summed E-state index contributed by atoms with van der Waals surface area (Å²) < 4.78 is 4.72. The van der Waals surface area contributed by atoms with Crippen LogP contribution in [0.1, 0.15) is 16.6 Å². The van der Waals surface area contributed by atoms with Gasteiger partial charge in [-0.25, -0.2) is 4.79 Å². The van der Waals surface area contributed by atoms with Crippen molar-refractivity contribution >= 4 is 34.9 Å². The van der Waals surface area contributed by atoms with Gasteiger partial charge < -0.3 is 15.4 Å². The predicted octanol–water partition coefficient (Wildman–Crippen LogP) is 3.54. The molecule has 1 heterocycles. The zero-order valence-electron chi connectivity index (χ0n) is 12.6. The van der Waals surface area contributed by atoms with Crippen LogP contribution in [0.2, 0.25) is 5.02 Å². The minimum Gasteiger partial charge on any atom is -0.450 e. The van der Waals surface area contributed by atoms with E-state index in [-0.39, 0.29) is 5.91 Å². The van der Waals surface area contributed by atoms with E-state index >= 15 is 0 Å². The molecule has 122 valence electrons. The fraction of sp³-hybridized carbons (Fsp3) is 0.250. The molecule has 23 heavy (non-hydrogen) atoms. The van der Waals surface area contributed by atoms with E-state index in [0.29, 0.717) is 29.6 Å². The smallest absolute Gasteiger partial charge is 0.407 e. The summed E-state index contributed by atoms with van der Waals surface area (Å²) in [4.78, 5) is 24.8. The molecule has 2 N–H and O–H groups in total. The van der Waals surface area contributed by atoms with Crippen LogP contribution in [0.5, 0.6) is 0 Å². The van der Waals surface area contributed by atoms with Crippen LogP contribution in [0, 0.1) is 0 Å². The van der Waals surface area contributed by atoms with Crippen molar-refractivity contribution in [1.82, 2.24) is 10.6 Å². The Morgan fingerprint density at radius 2 is 1.78 bits per heavy atom. The Balaban J connectivity index is 1.84. The van der Waals surface area contributed by atoms with Crippen molar-refractivity contribution < 1.29 is 14.3 Å². The van der Waals surface area contributed by atoms with Gasteiger partial charge in [-0.05, 0) is 36.8 Å². The summed E-state index contributed by atoms with van der Waals surface area (Å²) in [7, 11) is 0. The lowest BCUT2D eigenvalue weighted by molar-refractivity contribution is 0.0956. The van der Waals surface area contributed by atoms with Crippen LogP contribution in [-0.4, -0.2) is 31.7 Å². The Kier molecular flexibility index (Phi) is 6.43. The molecular formula is C16H17ClN2O3S. The average molecular weight is 353 g/mol. The molecule has 2 amide bonds. The molecule has 0 radical (unpaired) electrons. The Morgan fingerprint density at radius 1 is 1.09 bits per heavy atom. The van der Waals surface area contributed by atoms with Gasteiger partial charge in [0.1, 0.15) is 0 Å². The number of ether oxygens (including phenoxy) is 1. The van der Waals surface area contributed by atoms with Gasteiger partial charge in [0.15, 0.2) is 0 Å². The number of hydrogen-bond donors (Lipinski definition) is 2. The molecule has 0 spiro atoms. The molecule has 0 saturated heterocycles. The molecule has 2 aromatic rings. The van der Waals surface area contributed by atoms with E-state index in [9.17, 15) is 9.59 Å². The van der Waals surface area contributed by atoms with Gasteiger partial charge in [-0.1, -0.05) is 23.7 Å². The summed E-state index contributed by atoms with van der Waals surface area (Å²) in [5, 5.41) is 5.97. The monoisotopic (exact) mass is 352 g/mol. The second-order valence-corrected chi connectivity index (χ2v) is 6.09. The zero-order chi connectivity index (χ0) is 16.7. The number of carbonyl (C=O) groups is 2. The highest BCUT2D eigenvalue weighted by Gasteiger charge is 2.10. The summed E-state index contributed by atoms with van der Waals surface area (Å²) in [5.74, 6) is -0.166. The molecular weight excluding hydrogens is 336 g/mol. The largest absolute Gasteiger partial charge is 0.450 e. The maximum Gasteiger partial charge on any atom is 0.407 e. The summed E-state index contributed by atoms with van der Waals surface area (Å²) in [6.07, 6.45) is -0.483. The Labute approximate surface area is 143 Å². The third-order valence-corrected chi connectivity index (χ3v) is 4.30. The van der Waals surface area contributed by atoms with E-state index in [2.05, 4.69) is 10.6 Å². The topological polar surface area (TPSA) is 67.4 Å². The number of rotatable bonds is 6. The third-order valence-electron chi connectivity index (χ3n) is 2.91. The average Bonchev–Trinajstić information content (AvgIpc) is 3.02. The molecule has 5 nitrogen and oxygen atoms in total. The van der Waals surface area contributed by atoms with E-state index in [4.69, 9.17) is 16.3 Å². The van der Waals surface area contributed by atoms with Crippen molar-refractivity contribution in [3.63, 3.8) is 0 Å². The van der Waals surface area contributed by atoms with Gasteiger partial charge in [-0.3, -0.25) is 4.79 Å². The molecule has 0 aliphatic heterocycles. The van der Waals surface area contributed by atoms with Gasteiger partial charge in [0.25, 0.3) is 5.91 Å². The van der Waals surface area contributed by atoms with Crippen molar-refractivity contribution in [1.29, 1.82) is 0 Å². The molecule has 0 aliphatic carbocycles. The number of halogens is 1. The number of alkyl carbamates (subject to hydrolysis) is 1. The fourth-order valence-corrected chi connectivity index (χ4v) is 2.89. The minimum absolute atomic E-state index is 0.166. The van der Waals surface area contributed by atoms with E-state index in [1.807, 2.05) is 30.3 Å². The SMILES string of the molecule is CCOC(=O)NCCNC(=O)c1ccc(-c2ccc(Cl)cc2)s1. The van der Waals surface area contributed by atoms with Gasteiger partial charge in [0, 0.05) is 23.0 Å². The summed E-state index contributed by atoms with van der Waals surface area (Å²) in [6, 6.07) is 11.1. The third kappa shape index (κ3) is 5.26. The maximum atomic E-state index is 12.0. The summed E-state index contributed by atoms with van der Waals surface area (Å²) in [6.45, 7) is 2.71. The Bertz CT molecular complexity index is 670. The van der Waals surface area contributed by atoms with Crippen LogP contribution in [-0.2, 0) is 4.74 Å². The Morgan fingerprint density at radius 3 is 2.48 bits per heavy atom. The molecule has 0 bridgehead atoms. The van der Waals surface area contributed by atoms with E-state index < -0.39 is 6.09 Å². The molecule has 0 fully saturated rings. The number of benzene rings is 1. The van der Waals surface area contributed by atoms with Crippen LogP contribution in [0.4, 0.5) is 4.79 Å². The molecule has 0 saturated carbocycles. The van der Waals surface area contributed by atoms with Crippen LogP contribution in [0.3, 0.4) is 0 Å². The second kappa shape index (κ2) is 8.55. The first-order valence-corrected chi connectivity index (χ1v) is 8.34. The highest BCUT2D eigenvalue weighted by Crippen LogP contribution is 2.28. The lowest BCUT2D eigenvalue weighted by Crippen LogP contribution is -2.34. The maximum absolute atomic E-state index is 12.0. The van der Waals surface area contributed by atoms with Crippen molar-refractivity contribution in [3.05, 3.63) is 46.3 Å². The number of carbonyl (C=O) groups excluding carboxylic acids is 2. The van der Waals surface area contributed by atoms with Crippen LogP contribution in [0.25, 0.3) is 10.4 Å². The first-order valence-electron chi connectivity index (χ1n) is 7.14. The molecule has 1 aromatic heterocycles. The molecule has 2 rings (SSSR count). The number of hydrogen-bond acceptors (Lipinski definition) is 4. The van der Waals surface area contributed by atoms with Gasteiger partial charge >= 0.3 is 6.09 Å². The van der Waals surface area contributed by atoms with Crippen LogP contribution in [0.15, 0.2) is 36.4 Å². The normalized spacial score (nSPS) is 10.2. The molecule has 0 unspecified atom stereocenters. The lowest BCUT2D eigenvalue weighted by atomic mass is 10.2. The van der Waals surface area contributed by atoms with Gasteiger partial charge in [0.05, 0.1) is 11.5 Å². The number of thiophene rings is 1. The van der Waals surface area contributed by atoms with Gasteiger partial charge in [0.2, 0.25) is 0 Å². The molecule has 7 heteroatoms. The standard InChI is InChI=1S/C16H17ClN2O3S/c1-2-22-16(21)19-10-9-18-15(20)14-8-7-13(23-14)11-3-5-12(17)6-4-11/h3-8H,2,9-10H2,1H3,(H,18,20)(H,19,21). The molecule has 0 atom stereocenters. The Hall–Kier alpha value is -2.05. The second-order valence-electron chi connectivity index (χ2n) is 4.57. The van der Waals surface area contributed by atoms with Crippen molar-refractivity contribution in [3.8, 4) is 10.4 Å². The molecule has 1 aromatic carbocycles. The van der Waals surface area contributed by atoms with Crippen molar-refractivity contribution in [2.75, 3.05) is 19.7 Å². The fourth-order valence-electron chi connectivity index (χ4n) is 1.84.